The van der Waals surface area contributed by atoms with Gasteiger partial charge in [0.05, 0.1) is 29.9 Å². The van der Waals surface area contributed by atoms with Gasteiger partial charge in [0, 0.05) is 42.7 Å². The van der Waals surface area contributed by atoms with E-state index in [1.54, 1.807) is 21.9 Å². The van der Waals surface area contributed by atoms with Crippen molar-refractivity contribution in [3.63, 3.8) is 0 Å². The molecule has 1 aliphatic heterocycles. The number of H-pyrrole nitrogens is 1. The Balaban J connectivity index is 1.38. The van der Waals surface area contributed by atoms with Gasteiger partial charge in [-0.25, -0.2) is 19.3 Å². The number of rotatable bonds is 4. The molecule has 3 heterocycles. The number of benzene rings is 2. The van der Waals surface area contributed by atoms with Crippen molar-refractivity contribution in [3.8, 4) is 11.3 Å². The number of halogens is 1. The topological polar surface area (TPSA) is 82.4 Å². The normalized spacial score (nSPS) is 14.0. The van der Waals surface area contributed by atoms with Gasteiger partial charge in [-0.15, -0.1) is 0 Å². The summed E-state index contributed by atoms with van der Waals surface area (Å²) in [7, 11) is 1.98. The number of piperazine rings is 1. The number of pyridine rings is 1. The minimum atomic E-state index is -0.317. The lowest BCUT2D eigenvalue weighted by Crippen LogP contribution is -2.50. The van der Waals surface area contributed by atoms with E-state index in [0.717, 1.165) is 34.1 Å². The number of nitrogens with zero attached hydrogens (tertiary/aromatic N) is 4. The van der Waals surface area contributed by atoms with Gasteiger partial charge in [0.2, 0.25) is 6.33 Å². The van der Waals surface area contributed by atoms with E-state index in [-0.39, 0.29) is 12.0 Å². The van der Waals surface area contributed by atoms with Gasteiger partial charge in [-0.1, -0.05) is 24.6 Å². The van der Waals surface area contributed by atoms with E-state index in [2.05, 4.69) is 11.1 Å². The minimum Gasteiger partial charge on any atom is -0.449 e. The van der Waals surface area contributed by atoms with Crippen molar-refractivity contribution in [1.82, 2.24) is 19.8 Å². The van der Waals surface area contributed by atoms with E-state index >= 15 is 0 Å². The monoisotopic (exact) mass is 492 g/mol. The number of ether oxygens (including phenoxy) is 1. The van der Waals surface area contributed by atoms with Crippen LogP contribution in [0.2, 0.25) is 5.02 Å². The fourth-order valence-electron chi connectivity index (χ4n) is 4.36. The predicted molar refractivity (Wildman–Crippen MR) is 134 cm³/mol. The summed E-state index contributed by atoms with van der Waals surface area (Å²) < 4.78 is 7.22. The third kappa shape index (κ3) is 4.53. The van der Waals surface area contributed by atoms with E-state index in [0.29, 0.717) is 48.9 Å². The fourth-order valence-corrected chi connectivity index (χ4v) is 4.63. The zero-order valence-electron chi connectivity index (χ0n) is 19.8. The SMILES string of the molecule is CCCOC(=O)N1CCN(C(=O)c2ccc3c(Cl)cc(-c4ccc5[nH]c[n+](C)c5c4)nc3c2)CC1. The highest BCUT2D eigenvalue weighted by Gasteiger charge is 2.26. The Morgan fingerprint density at radius 2 is 1.86 bits per heavy atom. The highest BCUT2D eigenvalue weighted by Crippen LogP contribution is 2.30. The number of aromatic amines is 1. The van der Waals surface area contributed by atoms with E-state index in [9.17, 15) is 9.59 Å². The van der Waals surface area contributed by atoms with Crippen LogP contribution < -0.4 is 4.57 Å². The lowest BCUT2D eigenvalue weighted by Gasteiger charge is -2.34. The van der Waals surface area contributed by atoms with Crippen LogP contribution in [0.25, 0.3) is 33.2 Å². The van der Waals surface area contributed by atoms with Crippen molar-refractivity contribution in [2.45, 2.75) is 13.3 Å². The van der Waals surface area contributed by atoms with Crippen LogP contribution in [0.4, 0.5) is 4.79 Å². The van der Waals surface area contributed by atoms with E-state index < -0.39 is 0 Å². The zero-order chi connectivity index (χ0) is 24.5. The maximum absolute atomic E-state index is 13.2. The maximum Gasteiger partial charge on any atom is 0.409 e. The lowest BCUT2D eigenvalue weighted by atomic mass is 10.1. The van der Waals surface area contributed by atoms with Crippen LogP contribution in [-0.2, 0) is 11.8 Å². The molecule has 0 radical (unpaired) electrons. The number of amides is 2. The van der Waals surface area contributed by atoms with Crippen LogP contribution in [0.3, 0.4) is 0 Å². The van der Waals surface area contributed by atoms with Crippen molar-refractivity contribution < 1.29 is 18.9 Å². The Bertz CT molecular complexity index is 1430. The Morgan fingerprint density at radius 3 is 2.63 bits per heavy atom. The van der Waals surface area contributed by atoms with Crippen molar-refractivity contribution in [2.75, 3.05) is 32.8 Å². The molecule has 5 rings (SSSR count). The molecule has 4 aromatic rings. The maximum atomic E-state index is 13.2. The minimum absolute atomic E-state index is 0.0856. The molecule has 0 unspecified atom stereocenters. The summed E-state index contributed by atoms with van der Waals surface area (Å²) in [4.78, 5) is 36.8. The third-order valence-corrected chi connectivity index (χ3v) is 6.66. The van der Waals surface area contributed by atoms with Crippen LogP contribution in [0, 0.1) is 0 Å². The van der Waals surface area contributed by atoms with Crippen LogP contribution in [0.1, 0.15) is 23.7 Å². The first kappa shape index (κ1) is 23.1. The van der Waals surface area contributed by atoms with Gasteiger partial charge in [0.1, 0.15) is 0 Å². The van der Waals surface area contributed by atoms with Gasteiger partial charge in [-0.2, -0.15) is 0 Å². The summed E-state index contributed by atoms with van der Waals surface area (Å²) in [5.41, 5.74) is 5.00. The average Bonchev–Trinajstić information content (AvgIpc) is 3.26. The Kier molecular flexibility index (Phi) is 6.30. The van der Waals surface area contributed by atoms with E-state index in [1.807, 2.05) is 49.1 Å². The molecule has 180 valence electrons. The summed E-state index contributed by atoms with van der Waals surface area (Å²) in [5.74, 6) is -0.0856. The summed E-state index contributed by atoms with van der Waals surface area (Å²) in [6.07, 6.45) is 2.37. The van der Waals surface area contributed by atoms with Gasteiger partial charge in [0.25, 0.3) is 5.91 Å². The second kappa shape index (κ2) is 9.54. The molecule has 0 spiro atoms. The molecule has 2 aromatic carbocycles. The van der Waals surface area contributed by atoms with Gasteiger partial charge in [0.15, 0.2) is 11.0 Å². The number of carbonyl (C=O) groups is 2. The molecular formula is C26H27ClN5O3+. The molecule has 0 atom stereocenters. The highest BCUT2D eigenvalue weighted by atomic mass is 35.5. The van der Waals surface area contributed by atoms with E-state index in [4.69, 9.17) is 21.3 Å². The smallest absolute Gasteiger partial charge is 0.409 e. The molecule has 0 aliphatic carbocycles. The van der Waals surface area contributed by atoms with Gasteiger partial charge in [-0.05, 0) is 42.8 Å². The molecule has 2 amide bonds. The Hall–Kier alpha value is -3.65. The lowest BCUT2D eigenvalue weighted by molar-refractivity contribution is -0.644. The number of imidazole rings is 1. The molecule has 1 N–H and O–H groups in total. The Labute approximate surface area is 208 Å². The molecule has 1 fully saturated rings. The first-order valence-electron chi connectivity index (χ1n) is 11.7. The second-order valence-corrected chi connectivity index (χ2v) is 9.14. The molecule has 35 heavy (non-hydrogen) atoms. The number of carbonyl (C=O) groups excluding carboxylic acids is 2. The summed E-state index contributed by atoms with van der Waals surface area (Å²) in [6, 6.07) is 13.4. The quantitative estimate of drug-likeness (QED) is 0.433. The number of nitrogens with one attached hydrogen (secondary N) is 1. The van der Waals surface area contributed by atoms with Crippen LogP contribution >= 0.6 is 11.6 Å². The first-order chi connectivity index (χ1) is 16.9. The van der Waals surface area contributed by atoms with Crippen molar-refractivity contribution in [2.24, 2.45) is 7.05 Å². The molecule has 8 nitrogen and oxygen atoms in total. The van der Waals surface area contributed by atoms with Gasteiger partial charge >= 0.3 is 6.09 Å². The number of hydrogen-bond acceptors (Lipinski definition) is 4. The molecular weight excluding hydrogens is 466 g/mol. The summed E-state index contributed by atoms with van der Waals surface area (Å²) >= 11 is 6.61. The van der Waals surface area contributed by atoms with Crippen LogP contribution in [0.15, 0.2) is 48.8 Å². The standard InChI is InChI=1S/C26H26ClN5O3/c1-3-12-35-26(34)32-10-8-31(9-11-32)25(33)18-4-6-19-20(27)15-22(29-23(19)13-18)17-5-7-21-24(14-17)30(2)16-28-21/h4-7,13-16H,3,8-12H2,1-2H3/p+1. The molecule has 1 saturated heterocycles. The number of aromatic nitrogens is 3. The van der Waals surface area contributed by atoms with Gasteiger partial charge < -0.3 is 14.5 Å². The number of aryl methyl sites for hydroxylation is 1. The largest absolute Gasteiger partial charge is 0.449 e. The van der Waals surface area contributed by atoms with Crippen molar-refractivity contribution in [1.29, 1.82) is 0 Å². The van der Waals surface area contributed by atoms with Crippen molar-refractivity contribution in [3.05, 3.63) is 59.4 Å². The van der Waals surface area contributed by atoms with Crippen LogP contribution in [0.5, 0.6) is 0 Å². The fraction of sp³-hybridized carbons (Fsp3) is 0.308. The predicted octanol–water partition coefficient (Wildman–Crippen LogP) is 4.17. The van der Waals surface area contributed by atoms with Crippen LogP contribution in [-0.4, -0.2) is 64.6 Å². The average molecular weight is 493 g/mol. The summed E-state index contributed by atoms with van der Waals surface area (Å²) in [5, 5.41) is 1.38. The highest BCUT2D eigenvalue weighted by molar-refractivity contribution is 6.35. The number of hydrogen-bond donors (Lipinski definition) is 1. The number of fused-ring (bicyclic) bond motifs is 2. The zero-order valence-corrected chi connectivity index (χ0v) is 20.5. The molecule has 0 saturated carbocycles. The van der Waals surface area contributed by atoms with E-state index in [1.165, 1.54) is 0 Å². The molecule has 2 aromatic heterocycles. The molecule has 1 aliphatic rings. The summed E-state index contributed by atoms with van der Waals surface area (Å²) in [6.45, 7) is 4.19. The second-order valence-electron chi connectivity index (χ2n) is 8.73. The molecule has 9 heteroatoms. The van der Waals surface area contributed by atoms with Crippen molar-refractivity contribution >= 4 is 45.5 Å². The first-order valence-corrected chi connectivity index (χ1v) is 12.1. The third-order valence-electron chi connectivity index (χ3n) is 6.35. The molecule has 0 bridgehead atoms. The Morgan fingerprint density at radius 1 is 1.09 bits per heavy atom. The van der Waals surface area contributed by atoms with Gasteiger partial charge in [-0.3, -0.25) is 4.79 Å².